The lowest BCUT2D eigenvalue weighted by molar-refractivity contribution is -0.116. The number of hydrogen-bond acceptors (Lipinski definition) is 2. The van der Waals surface area contributed by atoms with Crippen molar-refractivity contribution in [3.63, 3.8) is 0 Å². The van der Waals surface area contributed by atoms with Gasteiger partial charge in [-0.05, 0) is 48.4 Å². The van der Waals surface area contributed by atoms with Gasteiger partial charge in [0, 0.05) is 6.54 Å². The molecular formula is C18H27NO2. The minimum absolute atomic E-state index is 0.173. The van der Waals surface area contributed by atoms with Crippen LogP contribution >= 0.6 is 0 Å². The SMILES string of the molecule is C=CC(=O)NCc1cc(CCCC)c(O)c(CCCC)c1. The molecule has 0 saturated carbocycles. The Bertz CT molecular complexity index is 451. The first-order valence-corrected chi connectivity index (χ1v) is 7.86. The number of carbonyl (C=O) groups excluding carboxylic acids is 1. The van der Waals surface area contributed by atoms with Gasteiger partial charge in [-0.25, -0.2) is 0 Å². The Hall–Kier alpha value is -1.77. The van der Waals surface area contributed by atoms with Crippen LogP contribution in [0.5, 0.6) is 5.75 Å². The summed E-state index contributed by atoms with van der Waals surface area (Å²) >= 11 is 0. The van der Waals surface area contributed by atoms with Crippen LogP contribution in [-0.4, -0.2) is 11.0 Å². The highest BCUT2D eigenvalue weighted by atomic mass is 16.3. The maximum absolute atomic E-state index is 11.3. The molecule has 0 atom stereocenters. The number of aryl methyl sites for hydroxylation is 2. The average molecular weight is 289 g/mol. The summed E-state index contributed by atoms with van der Waals surface area (Å²) in [5.74, 6) is 0.268. The molecule has 3 heteroatoms. The lowest BCUT2D eigenvalue weighted by atomic mass is 9.97. The number of rotatable bonds is 9. The third kappa shape index (κ3) is 5.62. The Labute approximate surface area is 128 Å². The zero-order valence-electron chi connectivity index (χ0n) is 13.2. The van der Waals surface area contributed by atoms with Crippen LogP contribution < -0.4 is 5.32 Å². The van der Waals surface area contributed by atoms with E-state index in [-0.39, 0.29) is 5.91 Å². The Balaban J connectivity index is 2.94. The molecule has 116 valence electrons. The van der Waals surface area contributed by atoms with Gasteiger partial charge in [0.2, 0.25) is 5.91 Å². The van der Waals surface area contributed by atoms with Crippen LogP contribution in [-0.2, 0) is 24.2 Å². The van der Waals surface area contributed by atoms with Crippen molar-refractivity contribution in [1.82, 2.24) is 5.32 Å². The topological polar surface area (TPSA) is 49.3 Å². The first-order chi connectivity index (χ1) is 10.1. The number of benzene rings is 1. The molecule has 0 unspecified atom stereocenters. The van der Waals surface area contributed by atoms with E-state index >= 15 is 0 Å². The van der Waals surface area contributed by atoms with Gasteiger partial charge in [-0.1, -0.05) is 45.4 Å². The molecule has 0 fully saturated rings. The van der Waals surface area contributed by atoms with Gasteiger partial charge in [0.1, 0.15) is 5.75 Å². The van der Waals surface area contributed by atoms with Gasteiger partial charge < -0.3 is 10.4 Å². The van der Waals surface area contributed by atoms with Crippen molar-refractivity contribution in [3.8, 4) is 5.75 Å². The molecule has 0 aliphatic carbocycles. The molecular weight excluding hydrogens is 262 g/mol. The Morgan fingerprint density at radius 2 is 1.71 bits per heavy atom. The Morgan fingerprint density at radius 1 is 1.19 bits per heavy atom. The van der Waals surface area contributed by atoms with Crippen LogP contribution in [0, 0.1) is 0 Å². The molecule has 0 aromatic heterocycles. The number of hydrogen-bond donors (Lipinski definition) is 2. The molecule has 1 amide bonds. The van der Waals surface area contributed by atoms with E-state index in [0.717, 1.165) is 55.2 Å². The van der Waals surface area contributed by atoms with Crippen molar-refractivity contribution >= 4 is 5.91 Å². The zero-order chi connectivity index (χ0) is 15.7. The standard InChI is InChI=1S/C18H27NO2/c1-4-7-9-15-11-14(13-19-17(20)6-3)12-16(18(15)21)10-8-5-2/h6,11-12,21H,3-5,7-10,13H2,1-2H3,(H,19,20). The molecule has 2 N–H and O–H groups in total. The molecule has 0 radical (unpaired) electrons. The first-order valence-electron chi connectivity index (χ1n) is 7.86. The fraction of sp³-hybridized carbons (Fsp3) is 0.500. The maximum atomic E-state index is 11.3. The molecule has 1 aromatic carbocycles. The molecule has 0 spiro atoms. The summed E-state index contributed by atoms with van der Waals surface area (Å²) in [4.78, 5) is 11.3. The number of phenols is 1. The maximum Gasteiger partial charge on any atom is 0.243 e. The van der Waals surface area contributed by atoms with Gasteiger partial charge in [-0.3, -0.25) is 4.79 Å². The van der Waals surface area contributed by atoms with Crippen LogP contribution in [0.4, 0.5) is 0 Å². The van der Waals surface area contributed by atoms with Crippen molar-refractivity contribution in [3.05, 3.63) is 41.5 Å². The van der Waals surface area contributed by atoms with E-state index in [1.165, 1.54) is 6.08 Å². The number of phenolic OH excluding ortho intramolecular Hbond substituents is 1. The second-order valence-corrected chi connectivity index (χ2v) is 5.39. The highest BCUT2D eigenvalue weighted by Gasteiger charge is 2.10. The number of aromatic hydroxyl groups is 1. The van der Waals surface area contributed by atoms with Crippen LogP contribution in [0.25, 0.3) is 0 Å². The molecule has 0 saturated heterocycles. The first kappa shape index (κ1) is 17.3. The second kappa shape index (κ2) is 9.22. The zero-order valence-corrected chi connectivity index (χ0v) is 13.2. The average Bonchev–Trinajstić information content (AvgIpc) is 2.50. The highest BCUT2D eigenvalue weighted by molar-refractivity contribution is 5.86. The van der Waals surface area contributed by atoms with Crippen LogP contribution in [0.1, 0.15) is 56.2 Å². The molecule has 3 nitrogen and oxygen atoms in total. The molecule has 1 rings (SSSR count). The molecule has 0 aliphatic heterocycles. The van der Waals surface area contributed by atoms with E-state index in [2.05, 4.69) is 25.7 Å². The largest absolute Gasteiger partial charge is 0.507 e. The smallest absolute Gasteiger partial charge is 0.243 e. The van der Waals surface area contributed by atoms with E-state index in [4.69, 9.17) is 0 Å². The number of carbonyl (C=O) groups is 1. The monoisotopic (exact) mass is 289 g/mol. The molecule has 21 heavy (non-hydrogen) atoms. The summed E-state index contributed by atoms with van der Waals surface area (Å²) in [5, 5.41) is 13.2. The summed E-state index contributed by atoms with van der Waals surface area (Å²) in [6.45, 7) is 8.21. The van der Waals surface area contributed by atoms with E-state index in [1.54, 1.807) is 0 Å². The van der Waals surface area contributed by atoms with Crippen molar-refractivity contribution in [2.45, 2.75) is 58.9 Å². The van der Waals surface area contributed by atoms with Gasteiger partial charge in [0.25, 0.3) is 0 Å². The lowest BCUT2D eigenvalue weighted by Crippen LogP contribution is -2.20. The van der Waals surface area contributed by atoms with E-state index in [1.807, 2.05) is 12.1 Å². The van der Waals surface area contributed by atoms with Gasteiger partial charge >= 0.3 is 0 Å². The number of amides is 1. The van der Waals surface area contributed by atoms with Gasteiger partial charge in [0.15, 0.2) is 0 Å². The van der Waals surface area contributed by atoms with E-state index in [9.17, 15) is 9.90 Å². The third-order valence-electron chi connectivity index (χ3n) is 3.58. The highest BCUT2D eigenvalue weighted by Crippen LogP contribution is 2.27. The fourth-order valence-corrected chi connectivity index (χ4v) is 2.31. The second-order valence-electron chi connectivity index (χ2n) is 5.39. The van der Waals surface area contributed by atoms with Gasteiger partial charge in [0.05, 0.1) is 0 Å². The summed E-state index contributed by atoms with van der Waals surface area (Å²) in [5.41, 5.74) is 3.03. The van der Waals surface area contributed by atoms with Crippen molar-refractivity contribution < 1.29 is 9.90 Å². The third-order valence-corrected chi connectivity index (χ3v) is 3.58. The summed E-state index contributed by atoms with van der Waals surface area (Å²) in [6, 6.07) is 4.01. The minimum Gasteiger partial charge on any atom is -0.507 e. The molecule has 0 heterocycles. The minimum atomic E-state index is -0.173. The Morgan fingerprint density at radius 3 is 2.14 bits per heavy atom. The van der Waals surface area contributed by atoms with Crippen molar-refractivity contribution in [2.24, 2.45) is 0 Å². The Kier molecular flexibility index (Phi) is 7.59. The molecule has 1 aromatic rings. The van der Waals surface area contributed by atoms with Crippen LogP contribution in [0.2, 0.25) is 0 Å². The summed E-state index contributed by atoms with van der Waals surface area (Å²) < 4.78 is 0. The molecule has 0 aliphatic rings. The lowest BCUT2D eigenvalue weighted by Gasteiger charge is -2.13. The predicted molar refractivity (Wildman–Crippen MR) is 87.4 cm³/mol. The van der Waals surface area contributed by atoms with E-state index in [0.29, 0.717) is 12.3 Å². The van der Waals surface area contributed by atoms with Crippen LogP contribution in [0.3, 0.4) is 0 Å². The number of nitrogens with one attached hydrogen (secondary N) is 1. The summed E-state index contributed by atoms with van der Waals surface area (Å²) in [7, 11) is 0. The summed E-state index contributed by atoms with van der Waals surface area (Å²) in [6.07, 6.45) is 7.35. The van der Waals surface area contributed by atoms with Gasteiger partial charge in [-0.2, -0.15) is 0 Å². The fourth-order valence-electron chi connectivity index (χ4n) is 2.31. The van der Waals surface area contributed by atoms with Crippen molar-refractivity contribution in [1.29, 1.82) is 0 Å². The quantitative estimate of drug-likeness (QED) is 0.678. The van der Waals surface area contributed by atoms with E-state index < -0.39 is 0 Å². The molecule has 0 bridgehead atoms. The van der Waals surface area contributed by atoms with Crippen LogP contribution in [0.15, 0.2) is 24.8 Å². The number of unbranched alkanes of at least 4 members (excludes halogenated alkanes) is 2. The normalized spacial score (nSPS) is 10.4. The van der Waals surface area contributed by atoms with Gasteiger partial charge in [-0.15, -0.1) is 0 Å². The van der Waals surface area contributed by atoms with Crippen molar-refractivity contribution in [2.75, 3.05) is 0 Å². The predicted octanol–water partition coefficient (Wildman–Crippen LogP) is 3.88.